The van der Waals surface area contributed by atoms with E-state index in [1.54, 1.807) is 27.7 Å². The topological polar surface area (TPSA) is 163 Å². The fraction of sp³-hybridized carbons (Fsp3) is 0.760. The summed E-state index contributed by atoms with van der Waals surface area (Å²) in [6.45, 7) is 7.40. The van der Waals surface area contributed by atoms with Crippen molar-refractivity contribution in [2.24, 2.45) is 5.92 Å². The largest absolute Gasteiger partial charge is 0.480 e. The van der Waals surface area contributed by atoms with Gasteiger partial charge in [0, 0.05) is 12.5 Å². The molecule has 36 heavy (non-hydrogen) atoms. The lowest BCUT2D eigenvalue weighted by Gasteiger charge is -2.22. The number of aliphatic hydroxyl groups excluding tert-OH is 1. The minimum absolute atomic E-state index is 0.166. The molecule has 1 saturated heterocycles. The van der Waals surface area contributed by atoms with E-state index in [4.69, 9.17) is 9.47 Å². The molecular weight excluding hydrogens is 470 g/mol. The second-order valence-corrected chi connectivity index (χ2v) is 10.4. The van der Waals surface area contributed by atoms with E-state index in [0.717, 1.165) is 19.3 Å². The van der Waals surface area contributed by atoms with E-state index in [-0.39, 0.29) is 18.4 Å². The summed E-state index contributed by atoms with van der Waals surface area (Å²) in [5.41, 5.74) is -1.77. The number of β-amino-alcohol motifs (C(OH)–C–C–N with tert-alkyl or cyclic N) is 1. The first-order valence-electron chi connectivity index (χ1n) is 12.7. The molecule has 2 amide bonds. The van der Waals surface area contributed by atoms with Crippen molar-refractivity contribution >= 4 is 23.9 Å². The highest BCUT2D eigenvalue weighted by molar-refractivity contribution is 5.93. The summed E-state index contributed by atoms with van der Waals surface area (Å²) in [7, 11) is 0. The van der Waals surface area contributed by atoms with Gasteiger partial charge in [0.15, 0.2) is 0 Å². The zero-order chi connectivity index (χ0) is 26.9. The van der Waals surface area contributed by atoms with Crippen LogP contribution in [0.1, 0.15) is 72.6 Å². The van der Waals surface area contributed by atoms with Crippen molar-refractivity contribution < 1.29 is 38.9 Å². The fourth-order valence-corrected chi connectivity index (χ4v) is 4.19. The van der Waals surface area contributed by atoms with Crippen LogP contribution in [0.2, 0.25) is 0 Å². The summed E-state index contributed by atoms with van der Waals surface area (Å²) in [6.07, 6.45) is 6.54. The van der Waals surface area contributed by atoms with Gasteiger partial charge >= 0.3 is 18.0 Å². The molecule has 1 aliphatic heterocycles. The van der Waals surface area contributed by atoms with Gasteiger partial charge in [0.25, 0.3) is 0 Å². The minimum Gasteiger partial charge on any atom is -0.480 e. The Hall–Kier alpha value is -2.66. The fourth-order valence-electron chi connectivity index (χ4n) is 4.19. The maximum absolute atomic E-state index is 12.6. The third kappa shape index (κ3) is 9.09. The number of carboxylic acid groups (broad SMARTS) is 1. The molecule has 0 unspecified atom stereocenters. The Kier molecular flexibility index (Phi) is 10.7. The van der Waals surface area contributed by atoms with Gasteiger partial charge in [-0.05, 0) is 59.8 Å². The number of carboxylic acids is 1. The predicted octanol–water partition coefficient (Wildman–Crippen LogP) is 1.63. The average Bonchev–Trinajstić information content (AvgIpc) is 3.28. The molecule has 0 aromatic carbocycles. The van der Waals surface area contributed by atoms with E-state index in [2.05, 4.69) is 16.0 Å². The molecule has 1 heterocycles. The smallest absolute Gasteiger partial charge is 0.408 e. The summed E-state index contributed by atoms with van der Waals surface area (Å²) in [4.78, 5) is 48.4. The Balaban J connectivity index is 1.75. The van der Waals surface area contributed by atoms with E-state index in [1.165, 1.54) is 0 Å². The summed E-state index contributed by atoms with van der Waals surface area (Å²) >= 11 is 0. The number of carbonyl (C=O) groups excluding carboxylic acids is 3. The number of hydrogen-bond acceptors (Lipinski definition) is 8. The van der Waals surface area contributed by atoms with Gasteiger partial charge in [-0.2, -0.15) is 0 Å². The van der Waals surface area contributed by atoms with Crippen LogP contribution >= 0.6 is 0 Å². The molecule has 0 spiro atoms. The highest BCUT2D eigenvalue weighted by atomic mass is 16.6. The molecule has 2 aliphatic rings. The Morgan fingerprint density at radius 3 is 2.50 bits per heavy atom. The van der Waals surface area contributed by atoms with Gasteiger partial charge in [-0.25, -0.2) is 14.4 Å². The molecule has 2 fully saturated rings. The third-order valence-corrected chi connectivity index (χ3v) is 6.15. The number of hydrogen-bond donors (Lipinski definition) is 5. The molecule has 1 aliphatic carbocycles. The lowest BCUT2D eigenvalue weighted by atomic mass is 10.1. The SMILES string of the molecule is CCOC(=O)[C@@]1(NC(=O)[C@@H]2C[C@@H](O)CN2)C[C@H]1C=CCCCCC[C@H](NC(=O)OC(C)(C)C)C(=O)O. The van der Waals surface area contributed by atoms with Crippen LogP contribution in [0.25, 0.3) is 0 Å². The lowest BCUT2D eigenvalue weighted by molar-refractivity contribution is -0.149. The molecule has 0 radical (unpaired) electrons. The number of carbonyl (C=O) groups is 4. The van der Waals surface area contributed by atoms with E-state index in [1.807, 2.05) is 12.2 Å². The van der Waals surface area contributed by atoms with Gasteiger partial charge in [0.05, 0.1) is 18.8 Å². The van der Waals surface area contributed by atoms with Gasteiger partial charge < -0.3 is 35.6 Å². The van der Waals surface area contributed by atoms with Crippen molar-refractivity contribution in [3.63, 3.8) is 0 Å². The number of rotatable bonds is 13. The minimum atomic E-state index is -1.10. The van der Waals surface area contributed by atoms with Crippen molar-refractivity contribution in [3.8, 4) is 0 Å². The number of amides is 2. The Morgan fingerprint density at radius 2 is 1.92 bits per heavy atom. The number of aliphatic hydroxyl groups is 1. The van der Waals surface area contributed by atoms with Crippen molar-refractivity contribution in [3.05, 3.63) is 12.2 Å². The average molecular weight is 512 g/mol. The van der Waals surface area contributed by atoms with Gasteiger partial charge in [0.1, 0.15) is 17.2 Å². The third-order valence-electron chi connectivity index (χ3n) is 6.15. The number of unbranched alkanes of at least 4 members (excludes halogenated alkanes) is 3. The van der Waals surface area contributed by atoms with Crippen LogP contribution in [-0.2, 0) is 23.9 Å². The molecule has 1 saturated carbocycles. The van der Waals surface area contributed by atoms with E-state index >= 15 is 0 Å². The van der Waals surface area contributed by atoms with Gasteiger partial charge in [0.2, 0.25) is 5.91 Å². The quantitative estimate of drug-likeness (QED) is 0.140. The molecule has 5 N–H and O–H groups in total. The number of nitrogens with one attached hydrogen (secondary N) is 3. The standard InChI is InChI=1S/C25H41N3O8/c1-5-35-22(33)25(28-20(30)19-13-17(29)15-26-19)14-16(25)11-9-7-6-8-10-12-18(21(31)32)27-23(34)36-24(2,3)4/h9,11,16-19,26,29H,5-8,10,12-15H2,1-4H3,(H,27,34)(H,28,30)(H,31,32)/t16-,17-,18+,19+,25-/m1/s1. The molecule has 0 aromatic rings. The van der Waals surface area contributed by atoms with Crippen molar-refractivity contribution in [1.82, 2.24) is 16.0 Å². The Labute approximate surface area is 212 Å². The molecule has 2 rings (SSSR count). The van der Waals surface area contributed by atoms with Crippen molar-refractivity contribution in [2.75, 3.05) is 13.2 Å². The second kappa shape index (κ2) is 13.0. The Morgan fingerprint density at radius 1 is 1.19 bits per heavy atom. The molecule has 11 heteroatoms. The number of allylic oxidation sites excluding steroid dienone is 1. The summed E-state index contributed by atoms with van der Waals surface area (Å²) < 4.78 is 10.3. The van der Waals surface area contributed by atoms with Crippen molar-refractivity contribution in [1.29, 1.82) is 0 Å². The van der Waals surface area contributed by atoms with Crippen LogP contribution in [-0.4, -0.2) is 76.6 Å². The van der Waals surface area contributed by atoms with E-state index in [0.29, 0.717) is 32.2 Å². The summed E-state index contributed by atoms with van der Waals surface area (Å²) in [5, 5.41) is 27.2. The maximum Gasteiger partial charge on any atom is 0.408 e. The highest BCUT2D eigenvalue weighted by Crippen LogP contribution is 2.46. The van der Waals surface area contributed by atoms with Gasteiger partial charge in [-0.3, -0.25) is 4.79 Å². The molecule has 5 atom stereocenters. The monoisotopic (exact) mass is 511 g/mol. The first-order chi connectivity index (χ1) is 16.9. The lowest BCUT2D eigenvalue weighted by Crippen LogP contribution is -2.51. The second-order valence-electron chi connectivity index (χ2n) is 10.4. The Bertz CT molecular complexity index is 825. The number of aliphatic carboxylic acids is 1. The predicted molar refractivity (Wildman–Crippen MR) is 131 cm³/mol. The number of alkyl carbamates (subject to hydrolysis) is 1. The highest BCUT2D eigenvalue weighted by Gasteiger charge is 2.61. The van der Waals surface area contributed by atoms with Crippen LogP contribution in [0.15, 0.2) is 12.2 Å². The van der Waals surface area contributed by atoms with Crippen LogP contribution in [0, 0.1) is 5.92 Å². The van der Waals surface area contributed by atoms with Crippen LogP contribution in [0.4, 0.5) is 4.79 Å². The molecule has 0 aromatic heterocycles. The summed E-state index contributed by atoms with van der Waals surface area (Å²) in [5.74, 6) is -2.04. The first-order valence-corrected chi connectivity index (χ1v) is 12.7. The first kappa shape index (κ1) is 29.6. The molecule has 204 valence electrons. The van der Waals surface area contributed by atoms with Crippen LogP contribution in [0.3, 0.4) is 0 Å². The van der Waals surface area contributed by atoms with E-state index in [9.17, 15) is 29.4 Å². The van der Waals surface area contributed by atoms with Crippen LogP contribution in [0.5, 0.6) is 0 Å². The normalized spacial score (nSPS) is 26.3. The molecular formula is C25H41N3O8. The number of ether oxygens (including phenoxy) is 2. The zero-order valence-corrected chi connectivity index (χ0v) is 21.7. The van der Waals surface area contributed by atoms with Crippen molar-refractivity contribution in [2.45, 2.75) is 102 Å². The van der Waals surface area contributed by atoms with Gasteiger partial charge in [-0.1, -0.05) is 25.0 Å². The van der Waals surface area contributed by atoms with Gasteiger partial charge in [-0.15, -0.1) is 0 Å². The summed E-state index contributed by atoms with van der Waals surface area (Å²) in [6, 6.07) is -1.54. The maximum atomic E-state index is 12.6. The molecule has 11 nitrogen and oxygen atoms in total. The molecule has 0 bridgehead atoms. The zero-order valence-electron chi connectivity index (χ0n) is 21.7. The van der Waals surface area contributed by atoms with E-state index < -0.39 is 47.4 Å². The number of esters is 1. The van der Waals surface area contributed by atoms with Crippen LogP contribution < -0.4 is 16.0 Å².